The van der Waals surface area contributed by atoms with Gasteiger partial charge in [-0.2, -0.15) is 0 Å². The number of aromatic nitrogens is 2. The van der Waals surface area contributed by atoms with Crippen LogP contribution < -0.4 is 0 Å². The zero-order valence-corrected chi connectivity index (χ0v) is 11.7. The fourth-order valence-corrected chi connectivity index (χ4v) is 2.92. The summed E-state index contributed by atoms with van der Waals surface area (Å²) in [6.07, 6.45) is 1.59. The maximum absolute atomic E-state index is 11.5. The Kier molecular flexibility index (Phi) is 3.08. The van der Waals surface area contributed by atoms with Gasteiger partial charge in [-0.3, -0.25) is 4.57 Å². The summed E-state index contributed by atoms with van der Waals surface area (Å²) in [4.78, 5) is 19.3. The van der Waals surface area contributed by atoms with Gasteiger partial charge in [0.05, 0.1) is 24.7 Å². The molecule has 3 aromatic rings. The van der Waals surface area contributed by atoms with E-state index in [1.807, 2.05) is 0 Å². The summed E-state index contributed by atoms with van der Waals surface area (Å²) in [7, 11) is 1.26. The van der Waals surface area contributed by atoms with Crippen molar-refractivity contribution in [1.29, 1.82) is 0 Å². The van der Waals surface area contributed by atoms with Crippen LogP contribution in [0.15, 0.2) is 30.6 Å². The van der Waals surface area contributed by atoms with Crippen molar-refractivity contribution >= 4 is 34.0 Å². The lowest BCUT2D eigenvalue weighted by molar-refractivity contribution is 0.0603. The van der Waals surface area contributed by atoms with E-state index in [4.69, 9.17) is 6.57 Å². The van der Waals surface area contributed by atoms with Gasteiger partial charge in [-0.25, -0.2) is 14.6 Å². The van der Waals surface area contributed by atoms with Gasteiger partial charge in [0.2, 0.25) is 0 Å². The van der Waals surface area contributed by atoms with Crippen molar-refractivity contribution in [3.63, 3.8) is 0 Å². The van der Waals surface area contributed by atoms with E-state index in [-0.39, 0.29) is 10.6 Å². The third-order valence-electron chi connectivity index (χ3n) is 2.97. The number of nitrogens with zero attached hydrogens (tertiary/aromatic N) is 3. The highest BCUT2D eigenvalue weighted by Crippen LogP contribution is 2.33. The average molecular weight is 299 g/mol. The minimum atomic E-state index is -0.588. The van der Waals surface area contributed by atoms with Crippen molar-refractivity contribution < 1.29 is 14.6 Å². The van der Waals surface area contributed by atoms with Crippen molar-refractivity contribution in [2.45, 2.75) is 0 Å². The Morgan fingerprint density at radius 3 is 3.00 bits per heavy atom. The van der Waals surface area contributed by atoms with Crippen LogP contribution in [-0.2, 0) is 4.74 Å². The predicted octanol–water partition coefficient (Wildman–Crippen LogP) is 3.13. The number of imidazole rings is 1. The van der Waals surface area contributed by atoms with Crippen LogP contribution in [0.2, 0.25) is 0 Å². The largest absolute Gasteiger partial charge is 0.506 e. The fraction of sp³-hybridized carbons (Fsp3) is 0.0714. The van der Waals surface area contributed by atoms with Gasteiger partial charge in [-0.15, -0.1) is 11.3 Å². The first kappa shape index (κ1) is 13.1. The Morgan fingerprint density at radius 1 is 1.48 bits per heavy atom. The summed E-state index contributed by atoms with van der Waals surface area (Å²) in [5, 5.41) is 10.5. The molecule has 2 heterocycles. The van der Waals surface area contributed by atoms with E-state index in [9.17, 15) is 9.90 Å². The number of aromatic hydroxyl groups is 1. The number of thiophene rings is 1. The van der Waals surface area contributed by atoms with Gasteiger partial charge >= 0.3 is 5.97 Å². The minimum absolute atomic E-state index is 0.134. The molecule has 0 bridgehead atoms. The van der Waals surface area contributed by atoms with Gasteiger partial charge in [0.1, 0.15) is 17.1 Å². The van der Waals surface area contributed by atoms with Crippen LogP contribution in [-0.4, -0.2) is 27.7 Å². The topological polar surface area (TPSA) is 68.7 Å². The molecule has 0 fully saturated rings. The number of ether oxygens (including phenoxy) is 1. The Hall–Kier alpha value is -2.85. The Labute approximate surface area is 123 Å². The third-order valence-corrected chi connectivity index (χ3v) is 4.07. The Balaban J connectivity index is 2.17. The van der Waals surface area contributed by atoms with E-state index in [2.05, 4.69) is 14.6 Å². The summed E-state index contributed by atoms with van der Waals surface area (Å²) in [6, 6.07) is 6.64. The smallest absolute Gasteiger partial charge is 0.351 e. The molecule has 0 amide bonds. The van der Waals surface area contributed by atoms with Crippen LogP contribution >= 0.6 is 11.3 Å². The van der Waals surface area contributed by atoms with E-state index in [1.165, 1.54) is 13.2 Å². The number of hydrogen-bond donors (Lipinski definition) is 1. The first-order chi connectivity index (χ1) is 10.1. The second-order valence-electron chi connectivity index (χ2n) is 4.19. The molecular formula is C14H9N3O3S. The molecule has 3 rings (SSSR count). The molecule has 1 N–H and O–H groups in total. The third kappa shape index (κ3) is 2.11. The molecule has 21 heavy (non-hydrogen) atoms. The molecule has 0 spiro atoms. The lowest BCUT2D eigenvalue weighted by atomic mass is 10.3. The quantitative estimate of drug-likeness (QED) is 0.583. The number of carbonyl (C=O) groups excluding carboxylic acids is 1. The molecule has 0 aliphatic heterocycles. The highest BCUT2D eigenvalue weighted by atomic mass is 32.1. The Morgan fingerprint density at radius 2 is 2.29 bits per heavy atom. The summed E-state index contributed by atoms with van der Waals surface area (Å²) in [5.41, 5.74) is 1.97. The zero-order chi connectivity index (χ0) is 15.0. The van der Waals surface area contributed by atoms with Gasteiger partial charge in [0, 0.05) is 6.07 Å². The molecule has 6 nitrogen and oxygen atoms in total. The van der Waals surface area contributed by atoms with Gasteiger partial charge < -0.3 is 9.84 Å². The molecule has 1 aromatic carbocycles. The normalized spacial score (nSPS) is 10.5. The first-order valence-corrected chi connectivity index (χ1v) is 6.71. The molecule has 0 radical (unpaired) electrons. The second kappa shape index (κ2) is 4.92. The second-order valence-corrected chi connectivity index (χ2v) is 5.22. The highest BCUT2D eigenvalue weighted by Gasteiger charge is 2.18. The number of hydrogen-bond acceptors (Lipinski definition) is 5. The molecular weight excluding hydrogens is 290 g/mol. The summed E-state index contributed by atoms with van der Waals surface area (Å²) >= 11 is 1.10. The Bertz CT molecular complexity index is 889. The van der Waals surface area contributed by atoms with E-state index < -0.39 is 5.97 Å². The first-order valence-electron chi connectivity index (χ1n) is 5.90. The number of carbonyl (C=O) groups is 1. The molecule has 0 saturated carbocycles. The maximum Gasteiger partial charge on any atom is 0.351 e. The molecule has 0 aliphatic rings. The van der Waals surface area contributed by atoms with E-state index in [0.717, 1.165) is 22.4 Å². The van der Waals surface area contributed by atoms with Crippen LogP contribution in [0.4, 0.5) is 5.69 Å². The monoisotopic (exact) mass is 299 g/mol. The zero-order valence-electron chi connectivity index (χ0n) is 10.9. The molecule has 7 heteroatoms. The van der Waals surface area contributed by atoms with Crippen LogP contribution in [0, 0.1) is 6.57 Å². The van der Waals surface area contributed by atoms with Crippen molar-refractivity contribution in [2.75, 3.05) is 7.11 Å². The van der Waals surface area contributed by atoms with Crippen molar-refractivity contribution in [2.24, 2.45) is 0 Å². The molecule has 0 aliphatic carbocycles. The summed E-state index contributed by atoms with van der Waals surface area (Å²) < 4.78 is 6.34. The number of fused-ring (bicyclic) bond motifs is 1. The fourth-order valence-electron chi connectivity index (χ4n) is 1.97. The van der Waals surface area contributed by atoms with Gasteiger partial charge in [0.15, 0.2) is 10.6 Å². The van der Waals surface area contributed by atoms with Crippen molar-refractivity contribution in [1.82, 2.24) is 9.55 Å². The van der Waals surface area contributed by atoms with E-state index in [0.29, 0.717) is 10.7 Å². The van der Waals surface area contributed by atoms with Gasteiger partial charge in [0.25, 0.3) is 0 Å². The van der Waals surface area contributed by atoms with E-state index >= 15 is 0 Å². The van der Waals surface area contributed by atoms with Crippen molar-refractivity contribution in [3.05, 3.63) is 46.9 Å². The summed E-state index contributed by atoms with van der Waals surface area (Å²) in [6.45, 7) is 7.06. The molecule has 2 aromatic heterocycles. The number of benzene rings is 1. The molecule has 0 atom stereocenters. The van der Waals surface area contributed by atoms with Crippen LogP contribution in [0.1, 0.15) is 9.67 Å². The lowest BCUT2D eigenvalue weighted by Crippen LogP contribution is -1.97. The standard InChI is InChI=1S/C14H9N3O3S/c1-15-8-3-4-9-10(5-8)17(7-16-9)12-6-11(18)13(21-12)14(19)20-2/h3-7,18H,2H3. The molecule has 0 saturated heterocycles. The van der Waals surface area contributed by atoms with Crippen LogP contribution in [0.5, 0.6) is 5.75 Å². The number of esters is 1. The van der Waals surface area contributed by atoms with Crippen LogP contribution in [0.3, 0.4) is 0 Å². The number of rotatable bonds is 2. The van der Waals surface area contributed by atoms with Crippen molar-refractivity contribution in [3.8, 4) is 10.8 Å². The molecule has 0 unspecified atom stereocenters. The van der Waals surface area contributed by atoms with Crippen LogP contribution in [0.25, 0.3) is 20.9 Å². The lowest BCUT2D eigenvalue weighted by Gasteiger charge is -2.00. The predicted molar refractivity (Wildman–Crippen MR) is 78.2 cm³/mol. The minimum Gasteiger partial charge on any atom is -0.506 e. The van der Waals surface area contributed by atoms with E-state index in [1.54, 1.807) is 29.1 Å². The molecule has 104 valence electrons. The summed E-state index contributed by atoms with van der Waals surface area (Å²) in [5.74, 6) is -0.722. The SMILES string of the molecule is [C-]#[N+]c1ccc2ncn(-c3cc(O)c(C(=O)OC)s3)c2c1. The highest BCUT2D eigenvalue weighted by molar-refractivity contribution is 7.16. The average Bonchev–Trinajstić information content (AvgIpc) is 3.08. The van der Waals surface area contributed by atoms with Gasteiger partial charge in [-0.05, 0) is 12.1 Å². The number of methoxy groups -OCH3 is 1. The maximum atomic E-state index is 11.5. The van der Waals surface area contributed by atoms with Gasteiger partial charge in [-0.1, -0.05) is 6.07 Å².